The van der Waals surface area contributed by atoms with Crippen molar-refractivity contribution in [2.24, 2.45) is 0 Å². The van der Waals surface area contributed by atoms with E-state index in [2.05, 4.69) is 6.92 Å². The van der Waals surface area contributed by atoms with Gasteiger partial charge in [-0.1, -0.05) is 51.9 Å². The Balaban J connectivity index is 1.61. The van der Waals surface area contributed by atoms with Crippen molar-refractivity contribution in [3.8, 4) is 17.2 Å². The van der Waals surface area contributed by atoms with Crippen molar-refractivity contribution >= 4 is 11.0 Å². The quantitative estimate of drug-likeness (QED) is 0.205. The van der Waals surface area contributed by atoms with Crippen LogP contribution in [0.2, 0.25) is 0 Å². The molecule has 1 fully saturated rings. The van der Waals surface area contributed by atoms with Crippen LogP contribution in [0.15, 0.2) is 27.4 Å². The van der Waals surface area contributed by atoms with Gasteiger partial charge >= 0.3 is 5.63 Å². The largest absolute Gasteiger partial charge is 0.504 e. The van der Waals surface area contributed by atoms with Crippen LogP contribution < -0.4 is 15.1 Å². The van der Waals surface area contributed by atoms with Crippen LogP contribution in [0.5, 0.6) is 17.2 Å². The summed E-state index contributed by atoms with van der Waals surface area (Å²) >= 11 is 0. The first kappa shape index (κ1) is 27.2. The zero-order valence-electron chi connectivity index (χ0n) is 20.0. The van der Waals surface area contributed by atoms with E-state index in [4.69, 9.17) is 18.6 Å². The number of aliphatic hydroxyl groups is 4. The predicted octanol–water partition coefficient (Wildman–Crippen LogP) is 2.20. The molecule has 10 nitrogen and oxygen atoms in total. The van der Waals surface area contributed by atoms with Gasteiger partial charge in [0.1, 0.15) is 35.7 Å². The molecular weight excluding hydrogens is 460 g/mol. The fourth-order valence-corrected chi connectivity index (χ4v) is 4.05. The molecule has 0 saturated carbocycles. The minimum Gasteiger partial charge on any atom is -0.504 e. The first-order valence-corrected chi connectivity index (χ1v) is 12.3. The Bertz CT molecular complexity index is 988. The van der Waals surface area contributed by atoms with E-state index in [0.717, 1.165) is 12.8 Å². The Kier molecular flexibility index (Phi) is 10.2. The van der Waals surface area contributed by atoms with Crippen molar-refractivity contribution in [1.29, 1.82) is 0 Å². The van der Waals surface area contributed by atoms with Gasteiger partial charge in [0, 0.05) is 6.07 Å². The number of benzene rings is 1. The van der Waals surface area contributed by atoms with Gasteiger partial charge in [-0.2, -0.15) is 0 Å². The maximum absolute atomic E-state index is 12.5. The van der Waals surface area contributed by atoms with E-state index in [1.54, 1.807) is 6.07 Å². The van der Waals surface area contributed by atoms with Crippen molar-refractivity contribution in [1.82, 2.24) is 0 Å². The van der Waals surface area contributed by atoms with Crippen molar-refractivity contribution in [2.45, 2.75) is 89.0 Å². The van der Waals surface area contributed by atoms with E-state index in [9.17, 15) is 30.3 Å². The molecule has 5 N–H and O–H groups in total. The fourth-order valence-electron chi connectivity index (χ4n) is 4.05. The highest BCUT2D eigenvalue weighted by Crippen LogP contribution is 2.35. The van der Waals surface area contributed by atoms with Gasteiger partial charge in [-0.3, -0.25) is 0 Å². The van der Waals surface area contributed by atoms with E-state index in [1.165, 1.54) is 50.7 Å². The third-order valence-corrected chi connectivity index (χ3v) is 6.16. The molecule has 2 heterocycles. The smallest absolute Gasteiger partial charge is 0.383 e. The standard InChI is InChI=1S/C25H36O10/c1-2-3-4-5-6-7-8-9-12-32-15-10-11-16-17(13-15)33-24(31)23(19(16)27)35-25-22(30)21(29)20(28)18(14-26)34-25/h10-11,13,18,20-22,25-30H,2-9,12,14H2,1H3/t18-,20+,21+,22-,25+/m1/s1. The number of hydrogen-bond donors (Lipinski definition) is 5. The lowest BCUT2D eigenvalue weighted by Gasteiger charge is -2.39. The molecule has 0 unspecified atom stereocenters. The molecule has 2 aromatic rings. The van der Waals surface area contributed by atoms with Crippen molar-refractivity contribution in [3.05, 3.63) is 28.6 Å². The summed E-state index contributed by atoms with van der Waals surface area (Å²) < 4.78 is 21.6. The van der Waals surface area contributed by atoms with Gasteiger partial charge in [-0.15, -0.1) is 0 Å². The molecule has 1 aromatic carbocycles. The summed E-state index contributed by atoms with van der Waals surface area (Å²) in [5.74, 6) is -0.678. The van der Waals surface area contributed by atoms with Crippen LogP contribution in [0.3, 0.4) is 0 Å². The van der Waals surface area contributed by atoms with Crippen LogP contribution in [-0.4, -0.2) is 69.5 Å². The highest BCUT2D eigenvalue weighted by atomic mass is 16.7. The molecule has 0 aliphatic carbocycles. The summed E-state index contributed by atoms with van der Waals surface area (Å²) in [7, 11) is 0. The molecule has 1 aliphatic rings. The zero-order chi connectivity index (χ0) is 25.4. The normalized spacial score (nSPS) is 24.5. The third-order valence-electron chi connectivity index (χ3n) is 6.16. The molecule has 0 radical (unpaired) electrons. The molecule has 0 bridgehead atoms. The lowest BCUT2D eigenvalue weighted by Crippen LogP contribution is -2.60. The second-order valence-electron chi connectivity index (χ2n) is 8.86. The number of aromatic hydroxyl groups is 1. The van der Waals surface area contributed by atoms with E-state index in [-0.39, 0.29) is 11.0 Å². The molecule has 1 saturated heterocycles. The first-order valence-electron chi connectivity index (χ1n) is 12.3. The third kappa shape index (κ3) is 6.86. The Hall–Kier alpha value is -2.37. The minimum atomic E-state index is -1.74. The van der Waals surface area contributed by atoms with E-state index in [0.29, 0.717) is 12.4 Å². The maximum atomic E-state index is 12.5. The van der Waals surface area contributed by atoms with E-state index >= 15 is 0 Å². The van der Waals surface area contributed by atoms with Crippen LogP contribution >= 0.6 is 0 Å². The van der Waals surface area contributed by atoms with Gasteiger partial charge in [0.25, 0.3) is 5.75 Å². The van der Waals surface area contributed by atoms with Crippen LogP contribution in [-0.2, 0) is 4.74 Å². The summed E-state index contributed by atoms with van der Waals surface area (Å²) in [6.07, 6.45) is 1.60. The topological polar surface area (TPSA) is 159 Å². The second-order valence-corrected chi connectivity index (χ2v) is 8.86. The number of aliphatic hydroxyl groups excluding tert-OH is 4. The Labute approximate surface area is 203 Å². The van der Waals surface area contributed by atoms with Crippen molar-refractivity contribution in [2.75, 3.05) is 13.2 Å². The number of rotatable bonds is 13. The number of ether oxygens (including phenoxy) is 3. The summed E-state index contributed by atoms with van der Waals surface area (Å²) in [6, 6.07) is 4.64. The predicted molar refractivity (Wildman–Crippen MR) is 127 cm³/mol. The molecule has 0 spiro atoms. The lowest BCUT2D eigenvalue weighted by atomic mass is 9.99. The summed E-state index contributed by atoms with van der Waals surface area (Å²) in [6.45, 7) is 2.06. The molecule has 35 heavy (non-hydrogen) atoms. The molecule has 1 aliphatic heterocycles. The molecule has 196 valence electrons. The molecule has 0 amide bonds. The van der Waals surface area contributed by atoms with Gasteiger partial charge in [0.05, 0.1) is 18.6 Å². The summed E-state index contributed by atoms with van der Waals surface area (Å²) in [4.78, 5) is 12.5. The molecular formula is C25H36O10. The summed E-state index contributed by atoms with van der Waals surface area (Å²) in [5, 5.41) is 50.0. The number of hydrogen-bond acceptors (Lipinski definition) is 10. The van der Waals surface area contributed by atoms with Gasteiger partial charge in [0.15, 0.2) is 5.75 Å². The Morgan fingerprint density at radius 2 is 1.63 bits per heavy atom. The maximum Gasteiger partial charge on any atom is 0.383 e. The van der Waals surface area contributed by atoms with Crippen molar-refractivity contribution < 1.29 is 44.2 Å². The molecule has 5 atom stereocenters. The number of unbranched alkanes of at least 4 members (excludes halogenated alkanes) is 7. The highest BCUT2D eigenvalue weighted by molar-refractivity contribution is 5.86. The van der Waals surface area contributed by atoms with E-state index < -0.39 is 54.4 Å². The van der Waals surface area contributed by atoms with Gasteiger partial charge in [-0.25, -0.2) is 4.79 Å². The second kappa shape index (κ2) is 13.1. The fraction of sp³-hybridized carbons (Fsp3) is 0.640. The SMILES string of the molecule is CCCCCCCCCCOc1ccc2c(O)c(O[C@@H]3O[C@H](CO)[C@H](O)[C@H](O)[C@H]3O)c(=O)oc2c1. The van der Waals surface area contributed by atoms with Crippen LogP contribution in [0.25, 0.3) is 11.0 Å². The molecule has 10 heteroatoms. The molecule has 3 rings (SSSR count). The Morgan fingerprint density at radius 3 is 2.31 bits per heavy atom. The van der Waals surface area contributed by atoms with Gasteiger partial charge < -0.3 is 44.2 Å². The highest BCUT2D eigenvalue weighted by Gasteiger charge is 2.45. The molecule has 1 aromatic heterocycles. The monoisotopic (exact) mass is 496 g/mol. The Morgan fingerprint density at radius 1 is 0.943 bits per heavy atom. The summed E-state index contributed by atoms with van der Waals surface area (Å²) in [5.41, 5.74) is -0.950. The number of fused-ring (bicyclic) bond motifs is 1. The average Bonchev–Trinajstić information content (AvgIpc) is 2.85. The van der Waals surface area contributed by atoms with Gasteiger partial charge in [0.2, 0.25) is 6.29 Å². The lowest BCUT2D eigenvalue weighted by molar-refractivity contribution is -0.278. The zero-order valence-corrected chi connectivity index (χ0v) is 20.0. The van der Waals surface area contributed by atoms with Crippen molar-refractivity contribution in [3.63, 3.8) is 0 Å². The first-order chi connectivity index (χ1) is 16.9. The minimum absolute atomic E-state index is 0.0853. The van der Waals surface area contributed by atoms with E-state index in [1.807, 2.05) is 0 Å². The van der Waals surface area contributed by atoms with Gasteiger partial charge in [-0.05, 0) is 18.6 Å². The van der Waals surface area contributed by atoms with Crippen LogP contribution in [0, 0.1) is 0 Å². The average molecular weight is 497 g/mol. The van der Waals surface area contributed by atoms with Crippen LogP contribution in [0.4, 0.5) is 0 Å². The van der Waals surface area contributed by atoms with Crippen LogP contribution in [0.1, 0.15) is 58.3 Å².